The average molecular weight is 252 g/mol. The summed E-state index contributed by atoms with van der Waals surface area (Å²) < 4.78 is 5.38. The summed E-state index contributed by atoms with van der Waals surface area (Å²) in [6.45, 7) is 2.24. The maximum atomic E-state index is 11.3. The van der Waals surface area contributed by atoms with Gasteiger partial charge in [0.25, 0.3) is 0 Å². The van der Waals surface area contributed by atoms with Crippen molar-refractivity contribution in [3.8, 4) is 0 Å². The highest BCUT2D eigenvalue weighted by Crippen LogP contribution is 2.17. The van der Waals surface area contributed by atoms with Crippen molar-refractivity contribution < 1.29 is 9.53 Å². The number of hydrogen-bond acceptors (Lipinski definition) is 2. The number of rotatable bonds is 8. The van der Waals surface area contributed by atoms with Gasteiger partial charge in [0.15, 0.2) is 0 Å². The van der Waals surface area contributed by atoms with Crippen LogP contribution in [0.5, 0.6) is 0 Å². The van der Waals surface area contributed by atoms with Crippen LogP contribution in [0.3, 0.4) is 0 Å². The van der Waals surface area contributed by atoms with Crippen molar-refractivity contribution in [1.82, 2.24) is 0 Å². The molecule has 1 aliphatic rings. The van der Waals surface area contributed by atoms with Crippen molar-refractivity contribution >= 4 is 5.97 Å². The van der Waals surface area contributed by atoms with E-state index in [1.807, 2.05) is 0 Å². The van der Waals surface area contributed by atoms with Gasteiger partial charge in [-0.05, 0) is 32.1 Å². The Morgan fingerprint density at radius 2 is 2.00 bits per heavy atom. The van der Waals surface area contributed by atoms with E-state index in [1.165, 1.54) is 38.5 Å². The lowest BCUT2D eigenvalue weighted by Crippen LogP contribution is -2.14. The Balaban J connectivity index is 2.02. The monoisotopic (exact) mass is 252 g/mol. The Hall–Kier alpha value is -0.790. The number of unbranched alkanes of at least 4 members (excludes halogenated alkanes) is 5. The largest absolute Gasteiger partial charge is 0.462 e. The molecule has 0 bridgehead atoms. The molecule has 0 aromatic carbocycles. The third kappa shape index (κ3) is 7.52. The molecule has 0 spiro atoms. The van der Waals surface area contributed by atoms with E-state index in [0.29, 0.717) is 6.42 Å². The molecule has 0 aromatic rings. The zero-order valence-electron chi connectivity index (χ0n) is 11.8. The molecular weight excluding hydrogens is 224 g/mol. The van der Waals surface area contributed by atoms with Crippen LogP contribution in [0.25, 0.3) is 0 Å². The van der Waals surface area contributed by atoms with Gasteiger partial charge in [-0.25, -0.2) is 0 Å². The van der Waals surface area contributed by atoms with Gasteiger partial charge in [0.1, 0.15) is 6.10 Å². The van der Waals surface area contributed by atoms with Gasteiger partial charge in [-0.15, -0.1) is 0 Å². The molecule has 0 radical (unpaired) electrons. The first-order valence-electron chi connectivity index (χ1n) is 7.67. The van der Waals surface area contributed by atoms with E-state index in [2.05, 4.69) is 19.1 Å². The van der Waals surface area contributed by atoms with Crippen LogP contribution in [-0.2, 0) is 9.53 Å². The van der Waals surface area contributed by atoms with Crippen LogP contribution in [0.1, 0.15) is 77.6 Å². The second kappa shape index (κ2) is 10.2. The van der Waals surface area contributed by atoms with E-state index in [0.717, 1.165) is 25.7 Å². The SMILES string of the molecule is CCCCCCCC=CCC1CCCCC(=O)O1. The summed E-state index contributed by atoms with van der Waals surface area (Å²) in [7, 11) is 0. The van der Waals surface area contributed by atoms with Crippen molar-refractivity contribution in [2.45, 2.75) is 83.7 Å². The van der Waals surface area contributed by atoms with E-state index < -0.39 is 0 Å². The molecular formula is C16H28O2. The molecule has 1 rings (SSSR count). The molecule has 1 aliphatic heterocycles. The van der Waals surface area contributed by atoms with Gasteiger partial charge >= 0.3 is 5.97 Å². The molecule has 18 heavy (non-hydrogen) atoms. The molecule has 1 saturated heterocycles. The predicted molar refractivity (Wildman–Crippen MR) is 75.5 cm³/mol. The van der Waals surface area contributed by atoms with Gasteiger partial charge in [-0.2, -0.15) is 0 Å². The van der Waals surface area contributed by atoms with E-state index in [1.54, 1.807) is 0 Å². The number of carbonyl (C=O) groups is 1. The molecule has 0 saturated carbocycles. The van der Waals surface area contributed by atoms with Crippen molar-refractivity contribution in [2.75, 3.05) is 0 Å². The van der Waals surface area contributed by atoms with Gasteiger partial charge in [0, 0.05) is 12.8 Å². The highest BCUT2D eigenvalue weighted by molar-refractivity contribution is 5.69. The molecule has 104 valence electrons. The molecule has 2 nitrogen and oxygen atoms in total. The van der Waals surface area contributed by atoms with Crippen molar-refractivity contribution in [1.29, 1.82) is 0 Å². The lowest BCUT2D eigenvalue weighted by atomic mass is 10.1. The number of ether oxygens (including phenoxy) is 1. The average Bonchev–Trinajstić information content (AvgIpc) is 2.57. The minimum absolute atomic E-state index is 0.00883. The number of carbonyl (C=O) groups excluding carboxylic acids is 1. The fraction of sp³-hybridized carbons (Fsp3) is 0.812. The van der Waals surface area contributed by atoms with Gasteiger partial charge in [-0.1, -0.05) is 44.8 Å². The van der Waals surface area contributed by atoms with Crippen molar-refractivity contribution in [3.05, 3.63) is 12.2 Å². The zero-order valence-corrected chi connectivity index (χ0v) is 11.8. The quantitative estimate of drug-likeness (QED) is 0.353. The summed E-state index contributed by atoms with van der Waals surface area (Å²) in [5.41, 5.74) is 0. The van der Waals surface area contributed by atoms with Crippen LogP contribution in [0.4, 0.5) is 0 Å². The van der Waals surface area contributed by atoms with Gasteiger partial charge in [0.05, 0.1) is 0 Å². The zero-order chi connectivity index (χ0) is 13.1. The fourth-order valence-electron chi connectivity index (χ4n) is 2.34. The third-order valence-corrected chi connectivity index (χ3v) is 3.50. The van der Waals surface area contributed by atoms with Crippen LogP contribution in [0, 0.1) is 0 Å². The van der Waals surface area contributed by atoms with E-state index in [4.69, 9.17) is 4.74 Å². The normalized spacial score (nSPS) is 20.9. The third-order valence-electron chi connectivity index (χ3n) is 3.50. The second-order valence-electron chi connectivity index (χ2n) is 5.27. The highest BCUT2D eigenvalue weighted by atomic mass is 16.5. The van der Waals surface area contributed by atoms with Crippen LogP contribution in [0.2, 0.25) is 0 Å². The Labute approximate surface area is 112 Å². The summed E-state index contributed by atoms with van der Waals surface area (Å²) in [5.74, 6) is -0.00883. The first kappa shape index (κ1) is 15.3. The molecule has 1 unspecified atom stereocenters. The number of allylic oxidation sites excluding steroid dienone is 1. The molecule has 1 fully saturated rings. The van der Waals surface area contributed by atoms with E-state index >= 15 is 0 Å². The second-order valence-corrected chi connectivity index (χ2v) is 5.27. The maximum Gasteiger partial charge on any atom is 0.306 e. The standard InChI is InChI=1S/C16H28O2/c1-2-3-4-5-6-7-8-9-12-15-13-10-11-14-16(17)18-15/h8-9,15H,2-7,10-14H2,1H3. The van der Waals surface area contributed by atoms with E-state index in [9.17, 15) is 4.79 Å². The Morgan fingerprint density at radius 3 is 2.83 bits per heavy atom. The number of esters is 1. The van der Waals surface area contributed by atoms with Crippen molar-refractivity contribution in [2.24, 2.45) is 0 Å². The predicted octanol–water partition coefficient (Wildman–Crippen LogP) is 4.78. The minimum Gasteiger partial charge on any atom is -0.462 e. The molecule has 0 amide bonds. The topological polar surface area (TPSA) is 26.3 Å². The summed E-state index contributed by atoms with van der Waals surface area (Å²) >= 11 is 0. The van der Waals surface area contributed by atoms with Crippen LogP contribution < -0.4 is 0 Å². The maximum absolute atomic E-state index is 11.3. The molecule has 2 heteroatoms. The lowest BCUT2D eigenvalue weighted by Gasteiger charge is -2.12. The number of hydrogen-bond donors (Lipinski definition) is 0. The number of cyclic esters (lactones) is 1. The summed E-state index contributed by atoms with van der Waals surface area (Å²) in [6.07, 6.45) is 17.1. The fourth-order valence-corrected chi connectivity index (χ4v) is 2.34. The molecule has 0 aliphatic carbocycles. The molecule has 1 heterocycles. The van der Waals surface area contributed by atoms with Crippen molar-refractivity contribution in [3.63, 3.8) is 0 Å². The van der Waals surface area contributed by atoms with Gasteiger partial charge in [0.2, 0.25) is 0 Å². The van der Waals surface area contributed by atoms with Gasteiger partial charge in [-0.3, -0.25) is 4.79 Å². The summed E-state index contributed by atoms with van der Waals surface area (Å²) in [4.78, 5) is 11.3. The lowest BCUT2D eigenvalue weighted by molar-refractivity contribution is -0.147. The van der Waals surface area contributed by atoms with Crippen LogP contribution in [-0.4, -0.2) is 12.1 Å². The smallest absolute Gasteiger partial charge is 0.306 e. The first-order chi connectivity index (χ1) is 8.83. The molecule has 0 N–H and O–H groups in total. The summed E-state index contributed by atoms with van der Waals surface area (Å²) in [6, 6.07) is 0. The minimum atomic E-state index is -0.00883. The van der Waals surface area contributed by atoms with Gasteiger partial charge < -0.3 is 4.74 Å². The Morgan fingerprint density at radius 1 is 1.17 bits per heavy atom. The Kier molecular flexibility index (Phi) is 8.62. The molecule has 1 atom stereocenters. The molecule has 0 aromatic heterocycles. The first-order valence-corrected chi connectivity index (χ1v) is 7.67. The highest BCUT2D eigenvalue weighted by Gasteiger charge is 2.16. The Bertz CT molecular complexity index is 245. The summed E-state index contributed by atoms with van der Waals surface area (Å²) in [5, 5.41) is 0. The van der Waals surface area contributed by atoms with Crippen LogP contribution >= 0.6 is 0 Å². The van der Waals surface area contributed by atoms with Crippen LogP contribution in [0.15, 0.2) is 12.2 Å². The van der Waals surface area contributed by atoms with E-state index in [-0.39, 0.29) is 12.1 Å².